The Labute approximate surface area is 184 Å². The van der Waals surface area contributed by atoms with Gasteiger partial charge in [-0.15, -0.1) is 11.3 Å². The van der Waals surface area contributed by atoms with Crippen LogP contribution in [0.15, 0.2) is 9.95 Å². The number of amides is 1. The topological polar surface area (TPSA) is 73.2 Å². The van der Waals surface area contributed by atoms with Crippen molar-refractivity contribution in [2.24, 2.45) is 0 Å². The highest BCUT2D eigenvalue weighted by atomic mass is 32.2. The summed E-state index contributed by atoms with van der Waals surface area (Å²) in [5, 5.41) is 4.55. The number of ether oxygens (including phenoxy) is 1. The van der Waals surface area contributed by atoms with Crippen LogP contribution < -0.4 is 10.9 Å². The molecule has 162 valence electrons. The van der Waals surface area contributed by atoms with Crippen molar-refractivity contribution in [2.75, 3.05) is 18.9 Å². The van der Waals surface area contributed by atoms with Crippen molar-refractivity contribution in [2.45, 2.75) is 81.5 Å². The smallest absolute Gasteiger partial charge is 0.263 e. The molecule has 5 rings (SSSR count). The second kappa shape index (κ2) is 9.01. The lowest BCUT2D eigenvalue weighted by Gasteiger charge is -2.18. The van der Waals surface area contributed by atoms with Gasteiger partial charge in [-0.3, -0.25) is 14.2 Å². The highest BCUT2D eigenvalue weighted by molar-refractivity contribution is 7.99. The van der Waals surface area contributed by atoms with Crippen molar-refractivity contribution in [3.8, 4) is 0 Å². The molecule has 0 radical (unpaired) electrons. The molecule has 0 aromatic carbocycles. The maximum Gasteiger partial charge on any atom is 0.263 e. The van der Waals surface area contributed by atoms with E-state index in [-0.39, 0.29) is 29.4 Å². The molecule has 2 fully saturated rings. The number of hydrogen-bond donors (Lipinski definition) is 1. The lowest BCUT2D eigenvalue weighted by Crippen LogP contribution is -2.33. The number of aryl methyl sites for hydroxylation is 2. The zero-order chi connectivity index (χ0) is 20.5. The van der Waals surface area contributed by atoms with Crippen molar-refractivity contribution in [1.29, 1.82) is 0 Å². The van der Waals surface area contributed by atoms with Gasteiger partial charge >= 0.3 is 0 Å². The first-order valence-electron chi connectivity index (χ1n) is 11.3. The SMILES string of the molecule is O=C(CSc1nc2sc3c(c2c(=O)n1C1CCCC1)CCCC3)NCC1CCCO1. The molecule has 1 saturated carbocycles. The molecule has 8 heteroatoms. The Bertz CT molecular complexity index is 988. The van der Waals surface area contributed by atoms with Crippen LogP contribution in [-0.2, 0) is 22.4 Å². The number of aromatic nitrogens is 2. The molecule has 2 aliphatic carbocycles. The van der Waals surface area contributed by atoms with Gasteiger partial charge < -0.3 is 10.1 Å². The van der Waals surface area contributed by atoms with Crippen molar-refractivity contribution in [3.63, 3.8) is 0 Å². The van der Waals surface area contributed by atoms with E-state index < -0.39 is 0 Å². The summed E-state index contributed by atoms with van der Waals surface area (Å²) in [4.78, 5) is 33.2. The minimum Gasteiger partial charge on any atom is -0.376 e. The zero-order valence-corrected chi connectivity index (χ0v) is 18.9. The van der Waals surface area contributed by atoms with E-state index in [2.05, 4.69) is 5.32 Å². The van der Waals surface area contributed by atoms with Gasteiger partial charge in [-0.2, -0.15) is 0 Å². The summed E-state index contributed by atoms with van der Waals surface area (Å²) in [5.74, 6) is 0.260. The van der Waals surface area contributed by atoms with Crippen molar-refractivity contribution in [1.82, 2.24) is 14.9 Å². The predicted octanol–water partition coefficient (Wildman–Crippen LogP) is 3.84. The Balaban J connectivity index is 1.40. The third-order valence-corrected chi connectivity index (χ3v) is 8.70. The number of hydrogen-bond acceptors (Lipinski definition) is 6. The molecule has 1 saturated heterocycles. The quantitative estimate of drug-likeness (QED) is 0.538. The molecule has 1 aliphatic heterocycles. The summed E-state index contributed by atoms with van der Waals surface area (Å²) in [7, 11) is 0. The van der Waals surface area contributed by atoms with E-state index in [1.807, 2.05) is 4.57 Å². The van der Waals surface area contributed by atoms with Gasteiger partial charge in [0.1, 0.15) is 4.83 Å². The number of nitrogens with zero attached hydrogens (tertiary/aromatic N) is 2. The maximum atomic E-state index is 13.6. The number of fused-ring (bicyclic) bond motifs is 3. The normalized spacial score (nSPS) is 21.9. The van der Waals surface area contributed by atoms with Crippen LogP contribution in [0.1, 0.15) is 67.8 Å². The highest BCUT2D eigenvalue weighted by Gasteiger charge is 2.27. The lowest BCUT2D eigenvalue weighted by atomic mass is 9.97. The number of thioether (sulfide) groups is 1. The molecule has 30 heavy (non-hydrogen) atoms. The van der Waals surface area contributed by atoms with Crippen LogP contribution in [0.2, 0.25) is 0 Å². The van der Waals surface area contributed by atoms with Gasteiger partial charge in [-0.1, -0.05) is 24.6 Å². The summed E-state index contributed by atoms with van der Waals surface area (Å²) in [6.07, 6.45) is 11.0. The number of nitrogens with one attached hydrogen (secondary N) is 1. The molecule has 0 spiro atoms. The molecule has 1 amide bonds. The molecular weight excluding hydrogens is 418 g/mol. The molecule has 1 N–H and O–H groups in total. The lowest BCUT2D eigenvalue weighted by molar-refractivity contribution is -0.119. The highest BCUT2D eigenvalue weighted by Crippen LogP contribution is 2.37. The number of rotatable bonds is 6. The van der Waals surface area contributed by atoms with Crippen LogP contribution >= 0.6 is 23.1 Å². The first kappa shape index (κ1) is 20.5. The molecule has 2 aromatic rings. The third-order valence-electron chi connectivity index (χ3n) is 6.56. The minimum absolute atomic E-state index is 0.0201. The third kappa shape index (κ3) is 4.06. The van der Waals surface area contributed by atoms with Crippen LogP contribution in [0.25, 0.3) is 10.2 Å². The Morgan fingerprint density at radius 2 is 2.00 bits per heavy atom. The fourth-order valence-corrected chi connectivity index (χ4v) is 7.20. The molecule has 1 unspecified atom stereocenters. The Kier molecular flexibility index (Phi) is 6.16. The van der Waals surface area contributed by atoms with Crippen molar-refractivity contribution < 1.29 is 9.53 Å². The molecule has 0 bridgehead atoms. The van der Waals surface area contributed by atoms with E-state index in [1.165, 1.54) is 28.6 Å². The van der Waals surface area contributed by atoms with Crippen molar-refractivity contribution in [3.05, 3.63) is 20.8 Å². The predicted molar refractivity (Wildman–Crippen MR) is 121 cm³/mol. The monoisotopic (exact) mass is 447 g/mol. The van der Waals surface area contributed by atoms with Gasteiger partial charge in [0.05, 0.1) is 17.2 Å². The Morgan fingerprint density at radius 1 is 1.17 bits per heavy atom. The van der Waals surface area contributed by atoms with E-state index in [0.29, 0.717) is 11.7 Å². The Hall–Kier alpha value is -1.38. The van der Waals surface area contributed by atoms with Gasteiger partial charge in [0.25, 0.3) is 5.56 Å². The molecule has 3 aliphatic rings. The maximum absolute atomic E-state index is 13.6. The average molecular weight is 448 g/mol. The first-order valence-corrected chi connectivity index (χ1v) is 13.1. The van der Waals surface area contributed by atoms with Gasteiger partial charge in [-0.25, -0.2) is 4.98 Å². The first-order chi connectivity index (χ1) is 14.7. The molecular formula is C22H29N3O3S2. The molecule has 6 nitrogen and oxygen atoms in total. The number of carbonyl (C=O) groups is 1. The van der Waals surface area contributed by atoms with Crippen LogP contribution in [0.3, 0.4) is 0 Å². The average Bonchev–Trinajstić information content (AvgIpc) is 3.51. The van der Waals surface area contributed by atoms with E-state index in [9.17, 15) is 9.59 Å². The number of carbonyl (C=O) groups excluding carboxylic acids is 1. The van der Waals surface area contributed by atoms with Gasteiger partial charge in [-0.05, 0) is 56.9 Å². The standard InChI is InChI=1S/C22H29N3O3S2/c26-18(23-12-15-8-5-11-28-15)13-29-22-24-20-19(16-9-3-4-10-17(16)30-20)21(27)25(22)14-6-1-2-7-14/h14-15H,1-13H2,(H,23,26). The van der Waals surface area contributed by atoms with Gasteiger partial charge in [0, 0.05) is 24.1 Å². The molecule has 1 atom stereocenters. The second-order valence-corrected chi connectivity index (χ2v) is 10.7. The second-order valence-electron chi connectivity index (χ2n) is 8.63. The minimum atomic E-state index is -0.0201. The largest absolute Gasteiger partial charge is 0.376 e. The van der Waals surface area contributed by atoms with E-state index >= 15 is 0 Å². The summed E-state index contributed by atoms with van der Waals surface area (Å²) in [6, 6.07) is 0.214. The fraction of sp³-hybridized carbons (Fsp3) is 0.682. The summed E-state index contributed by atoms with van der Waals surface area (Å²) in [6.45, 7) is 1.36. The number of thiophene rings is 1. The molecule has 3 heterocycles. The van der Waals surface area contributed by atoms with E-state index in [1.54, 1.807) is 11.3 Å². The van der Waals surface area contributed by atoms with Crippen LogP contribution in [-0.4, -0.2) is 40.5 Å². The summed E-state index contributed by atoms with van der Waals surface area (Å²) >= 11 is 3.09. The van der Waals surface area contributed by atoms with Gasteiger partial charge in [0.2, 0.25) is 5.91 Å². The van der Waals surface area contributed by atoms with Gasteiger partial charge in [0.15, 0.2) is 5.16 Å². The fourth-order valence-electron chi connectivity index (χ4n) is 5.00. The van der Waals surface area contributed by atoms with E-state index in [0.717, 1.165) is 74.6 Å². The van der Waals surface area contributed by atoms with Crippen LogP contribution in [0, 0.1) is 0 Å². The van der Waals surface area contributed by atoms with Crippen LogP contribution in [0.4, 0.5) is 0 Å². The molecule has 2 aromatic heterocycles. The zero-order valence-electron chi connectivity index (χ0n) is 17.3. The Morgan fingerprint density at radius 3 is 2.80 bits per heavy atom. The van der Waals surface area contributed by atoms with Crippen molar-refractivity contribution >= 4 is 39.2 Å². The summed E-state index contributed by atoms with van der Waals surface area (Å²) < 4.78 is 7.50. The van der Waals surface area contributed by atoms with E-state index in [4.69, 9.17) is 9.72 Å². The summed E-state index contributed by atoms with van der Waals surface area (Å²) in [5.41, 5.74) is 1.37. The van der Waals surface area contributed by atoms with Crippen LogP contribution in [0.5, 0.6) is 0 Å².